The van der Waals surface area contributed by atoms with E-state index in [0.29, 0.717) is 31.6 Å². The minimum absolute atomic E-state index is 0.102. The fourth-order valence-electron chi connectivity index (χ4n) is 9.80. The standard InChI is InChI=1S/C66H128O17P2/c1-8-10-11-12-13-14-17-21-24-33-40-47-63(68)76-53-61(82-65(70)49-42-35-25-22-19-16-15-18-20-23-30-37-44-57(3)4)55-80-84(72,73)78-51-60(67)52-79-85(74,75)81-56-62(54-77-64(69)48-41-34-28-26-31-38-45-58(5)6)83-66(71)50-43-36-29-27-32-39-46-59(7)9-2/h57-62,67H,8-56H2,1-7H3,(H,72,73)(H,74,75)/t59?,60-,61-,62-/m1/s1. The average molecular weight is 1260 g/mol. The number of carbonyl (C=O) groups is 4. The number of esters is 4. The second-order valence-electron chi connectivity index (χ2n) is 25.1. The maximum Gasteiger partial charge on any atom is 0.472 e. The molecular formula is C66H128O17P2. The maximum absolute atomic E-state index is 13.0. The summed E-state index contributed by atoms with van der Waals surface area (Å²) in [5.74, 6) is 0.0403. The summed E-state index contributed by atoms with van der Waals surface area (Å²) >= 11 is 0. The third-order valence-electron chi connectivity index (χ3n) is 15.5. The monoisotopic (exact) mass is 1250 g/mol. The van der Waals surface area contributed by atoms with Gasteiger partial charge in [0, 0.05) is 25.7 Å². The first kappa shape index (κ1) is 83.1. The first-order chi connectivity index (χ1) is 40.8. The summed E-state index contributed by atoms with van der Waals surface area (Å²) in [5, 5.41) is 10.5. The molecule has 0 bridgehead atoms. The van der Waals surface area contributed by atoms with Crippen LogP contribution in [0.1, 0.15) is 325 Å². The molecule has 0 saturated heterocycles. The summed E-state index contributed by atoms with van der Waals surface area (Å²) in [6.07, 6.45) is 39.1. The van der Waals surface area contributed by atoms with E-state index in [1.165, 1.54) is 128 Å². The van der Waals surface area contributed by atoms with Crippen LogP contribution in [0.25, 0.3) is 0 Å². The second kappa shape index (κ2) is 57.2. The summed E-state index contributed by atoms with van der Waals surface area (Å²) in [6.45, 7) is 11.7. The average Bonchev–Trinajstić information content (AvgIpc) is 3.55. The highest BCUT2D eigenvalue weighted by atomic mass is 31.2. The van der Waals surface area contributed by atoms with Crippen LogP contribution in [0.5, 0.6) is 0 Å². The largest absolute Gasteiger partial charge is 0.472 e. The molecule has 6 atom stereocenters. The predicted octanol–water partition coefficient (Wildman–Crippen LogP) is 18.3. The Labute approximate surface area is 517 Å². The number of carbonyl (C=O) groups excluding carboxylic acids is 4. The topological polar surface area (TPSA) is 237 Å². The van der Waals surface area contributed by atoms with E-state index in [1.54, 1.807) is 0 Å². The SMILES string of the molecule is CCCCCCCCCCCCCC(=O)OC[C@H](COP(=O)(O)OC[C@@H](O)COP(=O)(O)OC[C@@H](COC(=O)CCCCCCCCC(C)C)OC(=O)CCCCCCCCC(C)CC)OC(=O)CCCCCCCCCCCCCCC(C)C. The molecule has 0 aromatic rings. The third-order valence-corrected chi connectivity index (χ3v) is 17.4. The molecule has 0 heterocycles. The lowest BCUT2D eigenvalue weighted by atomic mass is 10.00. The number of ether oxygens (including phenoxy) is 4. The van der Waals surface area contributed by atoms with Gasteiger partial charge in [-0.05, 0) is 43.4 Å². The van der Waals surface area contributed by atoms with Gasteiger partial charge in [-0.2, -0.15) is 0 Å². The van der Waals surface area contributed by atoms with Gasteiger partial charge in [0.15, 0.2) is 12.2 Å². The highest BCUT2D eigenvalue weighted by Crippen LogP contribution is 2.45. The Bertz CT molecular complexity index is 1680. The molecule has 0 aliphatic rings. The highest BCUT2D eigenvalue weighted by molar-refractivity contribution is 7.47. The van der Waals surface area contributed by atoms with Crippen molar-refractivity contribution in [1.82, 2.24) is 0 Å². The molecule has 0 aliphatic carbocycles. The molecular weight excluding hydrogens is 1130 g/mol. The van der Waals surface area contributed by atoms with Crippen LogP contribution in [0.3, 0.4) is 0 Å². The van der Waals surface area contributed by atoms with Gasteiger partial charge >= 0.3 is 39.5 Å². The van der Waals surface area contributed by atoms with Crippen LogP contribution in [0, 0.1) is 17.8 Å². The van der Waals surface area contributed by atoms with Gasteiger partial charge < -0.3 is 33.8 Å². The second-order valence-corrected chi connectivity index (χ2v) is 28.0. The lowest BCUT2D eigenvalue weighted by molar-refractivity contribution is -0.161. The van der Waals surface area contributed by atoms with Crippen molar-refractivity contribution in [3.05, 3.63) is 0 Å². The van der Waals surface area contributed by atoms with Crippen LogP contribution in [-0.4, -0.2) is 96.7 Å². The molecule has 0 spiro atoms. The van der Waals surface area contributed by atoms with Gasteiger partial charge in [-0.15, -0.1) is 0 Å². The molecule has 0 aromatic heterocycles. The van der Waals surface area contributed by atoms with Gasteiger partial charge in [-0.3, -0.25) is 37.3 Å². The molecule has 0 aromatic carbocycles. The molecule has 0 saturated carbocycles. The van der Waals surface area contributed by atoms with Crippen molar-refractivity contribution in [2.24, 2.45) is 17.8 Å². The molecule has 0 aliphatic heterocycles. The third kappa shape index (κ3) is 59.5. The van der Waals surface area contributed by atoms with Gasteiger partial charge in [-0.1, -0.05) is 273 Å². The highest BCUT2D eigenvalue weighted by Gasteiger charge is 2.30. The number of unbranched alkanes of at least 4 members (excludes halogenated alkanes) is 31. The zero-order valence-electron chi connectivity index (χ0n) is 55.1. The maximum atomic E-state index is 13.0. The summed E-state index contributed by atoms with van der Waals surface area (Å²) in [4.78, 5) is 72.3. The van der Waals surface area contributed by atoms with Crippen LogP contribution < -0.4 is 0 Å². The number of rotatable bonds is 64. The first-order valence-corrected chi connectivity index (χ1v) is 37.4. The molecule has 17 nitrogen and oxygen atoms in total. The molecule has 3 unspecified atom stereocenters. The Hall–Kier alpha value is -1.94. The summed E-state index contributed by atoms with van der Waals surface area (Å²) in [6, 6.07) is 0. The van der Waals surface area contributed by atoms with Gasteiger partial charge in [0.25, 0.3) is 0 Å². The normalized spacial score (nSPS) is 14.6. The fraction of sp³-hybridized carbons (Fsp3) is 0.939. The van der Waals surface area contributed by atoms with Gasteiger partial charge in [0.1, 0.15) is 19.3 Å². The van der Waals surface area contributed by atoms with Crippen molar-refractivity contribution in [3.63, 3.8) is 0 Å². The Morgan fingerprint density at radius 1 is 0.341 bits per heavy atom. The lowest BCUT2D eigenvalue weighted by Crippen LogP contribution is -2.30. The van der Waals surface area contributed by atoms with Crippen molar-refractivity contribution in [2.45, 2.75) is 343 Å². The van der Waals surface area contributed by atoms with E-state index in [9.17, 15) is 43.2 Å². The van der Waals surface area contributed by atoms with Gasteiger partial charge in [-0.25, -0.2) is 9.13 Å². The van der Waals surface area contributed by atoms with Crippen LogP contribution in [0.2, 0.25) is 0 Å². The van der Waals surface area contributed by atoms with Gasteiger partial charge in [0.05, 0.1) is 26.4 Å². The van der Waals surface area contributed by atoms with Crippen molar-refractivity contribution in [1.29, 1.82) is 0 Å². The Balaban J connectivity index is 5.24. The van der Waals surface area contributed by atoms with Crippen LogP contribution in [0.15, 0.2) is 0 Å². The van der Waals surface area contributed by atoms with E-state index < -0.39 is 97.5 Å². The van der Waals surface area contributed by atoms with Crippen molar-refractivity contribution in [2.75, 3.05) is 39.6 Å². The molecule has 0 amide bonds. The van der Waals surface area contributed by atoms with Crippen LogP contribution in [-0.2, 0) is 65.4 Å². The van der Waals surface area contributed by atoms with E-state index in [4.69, 9.17) is 37.0 Å². The number of hydrogen-bond acceptors (Lipinski definition) is 15. The Morgan fingerprint density at radius 2 is 0.600 bits per heavy atom. The Morgan fingerprint density at radius 3 is 0.894 bits per heavy atom. The van der Waals surface area contributed by atoms with E-state index >= 15 is 0 Å². The predicted molar refractivity (Wildman–Crippen MR) is 340 cm³/mol. The molecule has 0 fully saturated rings. The van der Waals surface area contributed by atoms with Crippen molar-refractivity contribution >= 4 is 39.5 Å². The fourth-order valence-corrected chi connectivity index (χ4v) is 11.4. The minimum atomic E-state index is -4.95. The summed E-state index contributed by atoms with van der Waals surface area (Å²) in [7, 11) is -9.89. The Kier molecular flexibility index (Phi) is 55.9. The molecule has 3 N–H and O–H groups in total. The van der Waals surface area contributed by atoms with E-state index in [2.05, 4.69) is 48.5 Å². The summed E-state index contributed by atoms with van der Waals surface area (Å²) in [5.41, 5.74) is 0. The molecule has 85 heavy (non-hydrogen) atoms. The first-order valence-electron chi connectivity index (χ1n) is 34.4. The van der Waals surface area contributed by atoms with Crippen LogP contribution >= 0.6 is 15.6 Å². The number of phosphoric acid groups is 2. The molecule has 19 heteroatoms. The number of phosphoric ester groups is 2. The zero-order chi connectivity index (χ0) is 63.1. The number of aliphatic hydroxyl groups is 1. The quantitative estimate of drug-likeness (QED) is 0.0222. The number of aliphatic hydroxyl groups excluding tert-OH is 1. The van der Waals surface area contributed by atoms with E-state index in [-0.39, 0.29) is 25.7 Å². The van der Waals surface area contributed by atoms with E-state index in [0.717, 1.165) is 108 Å². The minimum Gasteiger partial charge on any atom is -0.462 e. The molecule has 0 rings (SSSR count). The van der Waals surface area contributed by atoms with Gasteiger partial charge in [0.2, 0.25) is 0 Å². The van der Waals surface area contributed by atoms with Crippen molar-refractivity contribution in [3.8, 4) is 0 Å². The number of hydrogen-bond donors (Lipinski definition) is 3. The van der Waals surface area contributed by atoms with E-state index in [1.807, 2.05) is 0 Å². The van der Waals surface area contributed by atoms with Crippen LogP contribution in [0.4, 0.5) is 0 Å². The van der Waals surface area contributed by atoms with Crippen molar-refractivity contribution < 1.29 is 80.2 Å². The molecule has 0 radical (unpaired) electrons. The smallest absolute Gasteiger partial charge is 0.462 e. The molecule has 504 valence electrons. The zero-order valence-corrected chi connectivity index (χ0v) is 56.9. The lowest BCUT2D eigenvalue weighted by Gasteiger charge is -2.21. The summed E-state index contributed by atoms with van der Waals surface area (Å²) < 4.78 is 68.1.